The highest BCUT2D eigenvalue weighted by Crippen LogP contribution is 2.16. The Bertz CT molecular complexity index is 755. The summed E-state index contributed by atoms with van der Waals surface area (Å²) in [7, 11) is 0. The first-order chi connectivity index (χ1) is 12.1. The predicted octanol–water partition coefficient (Wildman–Crippen LogP) is 2.68. The van der Waals surface area contributed by atoms with Gasteiger partial charge in [-0.3, -0.25) is 19.8 Å². The maximum atomic E-state index is 12.2. The summed E-state index contributed by atoms with van der Waals surface area (Å²) in [4.78, 5) is 24.8. The highest BCUT2D eigenvalue weighted by atomic mass is 16.6. The maximum Gasteiger partial charge on any atom is 0.270 e. The Morgan fingerprint density at radius 1 is 1.16 bits per heavy atom. The zero-order valence-electron chi connectivity index (χ0n) is 13.7. The Hall–Kier alpha value is -2.77. The fourth-order valence-corrected chi connectivity index (χ4v) is 2.67. The number of hydrogen-bond acceptors (Lipinski definition) is 5. The molecule has 2 aromatic carbocycles. The number of nitrogens with zero attached hydrogens (tertiary/aromatic N) is 2. The van der Waals surface area contributed by atoms with Crippen LogP contribution in [-0.4, -0.2) is 42.0 Å². The van der Waals surface area contributed by atoms with Crippen molar-refractivity contribution in [2.45, 2.75) is 6.54 Å². The fraction of sp³-hybridized carbons (Fsp3) is 0.278. The van der Waals surface area contributed by atoms with E-state index in [1.807, 2.05) is 24.3 Å². The summed E-state index contributed by atoms with van der Waals surface area (Å²) in [5.74, 6) is -0.371. The van der Waals surface area contributed by atoms with E-state index in [9.17, 15) is 14.9 Å². The average Bonchev–Trinajstić information content (AvgIpc) is 2.64. The Labute approximate surface area is 145 Å². The smallest absolute Gasteiger partial charge is 0.270 e. The molecular formula is C18H19N3O4. The number of morpholine rings is 1. The SMILES string of the molecule is O=C(Nc1ccc(CN2CCOCC2)cc1)c1cccc([N+](=O)[O-])c1. The molecule has 0 radical (unpaired) electrons. The van der Waals surface area contributed by atoms with Gasteiger partial charge in [0.1, 0.15) is 0 Å². The lowest BCUT2D eigenvalue weighted by atomic mass is 10.1. The molecular weight excluding hydrogens is 322 g/mol. The summed E-state index contributed by atoms with van der Waals surface area (Å²) in [6, 6.07) is 13.3. The number of carbonyl (C=O) groups excluding carboxylic acids is 1. The van der Waals surface area contributed by atoms with Gasteiger partial charge in [-0.05, 0) is 23.8 Å². The summed E-state index contributed by atoms with van der Waals surface area (Å²) in [5, 5.41) is 13.6. The Morgan fingerprint density at radius 3 is 2.56 bits per heavy atom. The van der Waals surface area contributed by atoms with E-state index in [4.69, 9.17) is 4.74 Å². The summed E-state index contributed by atoms with van der Waals surface area (Å²) in [6.07, 6.45) is 0. The molecule has 2 aromatic rings. The van der Waals surface area contributed by atoms with Crippen molar-refractivity contribution in [3.05, 3.63) is 69.8 Å². The van der Waals surface area contributed by atoms with Gasteiger partial charge in [0.2, 0.25) is 0 Å². The summed E-state index contributed by atoms with van der Waals surface area (Å²) in [6.45, 7) is 4.22. The molecule has 0 atom stereocenters. The third kappa shape index (κ3) is 4.62. The van der Waals surface area contributed by atoms with E-state index in [-0.39, 0.29) is 17.2 Å². The molecule has 7 heteroatoms. The molecule has 1 heterocycles. The molecule has 0 aromatic heterocycles. The number of anilines is 1. The van der Waals surface area contributed by atoms with Crippen LogP contribution < -0.4 is 5.32 Å². The van der Waals surface area contributed by atoms with Crippen LogP contribution in [0.3, 0.4) is 0 Å². The van der Waals surface area contributed by atoms with E-state index in [1.54, 1.807) is 6.07 Å². The number of benzene rings is 2. The molecule has 0 spiro atoms. The van der Waals surface area contributed by atoms with Gasteiger partial charge >= 0.3 is 0 Å². The first-order valence-corrected chi connectivity index (χ1v) is 8.07. The van der Waals surface area contributed by atoms with Gasteiger partial charge < -0.3 is 10.1 Å². The molecule has 1 aliphatic heterocycles. The van der Waals surface area contributed by atoms with Gasteiger partial charge in [-0.25, -0.2) is 0 Å². The minimum Gasteiger partial charge on any atom is -0.379 e. The first kappa shape index (κ1) is 17.1. The molecule has 1 saturated heterocycles. The van der Waals surface area contributed by atoms with Gasteiger partial charge in [-0.2, -0.15) is 0 Å². The zero-order valence-corrected chi connectivity index (χ0v) is 13.7. The number of non-ortho nitro benzene ring substituents is 1. The molecule has 25 heavy (non-hydrogen) atoms. The maximum absolute atomic E-state index is 12.2. The van der Waals surface area contributed by atoms with Crippen molar-refractivity contribution >= 4 is 17.3 Å². The van der Waals surface area contributed by atoms with Crippen LogP contribution in [0.4, 0.5) is 11.4 Å². The molecule has 1 N–H and O–H groups in total. The number of ether oxygens (including phenoxy) is 1. The minimum atomic E-state index is -0.517. The van der Waals surface area contributed by atoms with E-state index in [1.165, 1.54) is 18.2 Å². The summed E-state index contributed by atoms with van der Waals surface area (Å²) < 4.78 is 5.33. The molecule has 1 aliphatic rings. The molecule has 0 saturated carbocycles. The lowest BCUT2D eigenvalue weighted by Gasteiger charge is -2.26. The number of nitrogens with one attached hydrogen (secondary N) is 1. The second-order valence-electron chi connectivity index (χ2n) is 5.85. The number of amides is 1. The number of nitro groups is 1. The Kier molecular flexibility index (Phi) is 5.37. The van der Waals surface area contributed by atoms with E-state index in [0.717, 1.165) is 38.4 Å². The second-order valence-corrected chi connectivity index (χ2v) is 5.85. The predicted molar refractivity (Wildman–Crippen MR) is 93.6 cm³/mol. The Balaban J connectivity index is 1.61. The van der Waals surface area contributed by atoms with Crippen LogP contribution in [-0.2, 0) is 11.3 Å². The summed E-state index contributed by atoms with van der Waals surface area (Å²) >= 11 is 0. The monoisotopic (exact) mass is 341 g/mol. The lowest BCUT2D eigenvalue weighted by molar-refractivity contribution is -0.384. The highest BCUT2D eigenvalue weighted by molar-refractivity contribution is 6.04. The van der Waals surface area contributed by atoms with Crippen LogP contribution in [0.5, 0.6) is 0 Å². The van der Waals surface area contributed by atoms with E-state index < -0.39 is 4.92 Å². The zero-order chi connectivity index (χ0) is 17.6. The van der Waals surface area contributed by atoms with Crippen LogP contribution in [0.15, 0.2) is 48.5 Å². The number of rotatable bonds is 5. The van der Waals surface area contributed by atoms with Crippen LogP contribution >= 0.6 is 0 Å². The van der Waals surface area contributed by atoms with Crippen molar-refractivity contribution < 1.29 is 14.5 Å². The van der Waals surface area contributed by atoms with Gasteiger partial charge in [-0.1, -0.05) is 18.2 Å². The lowest BCUT2D eigenvalue weighted by Crippen LogP contribution is -2.35. The van der Waals surface area contributed by atoms with Gasteiger partial charge in [0.25, 0.3) is 11.6 Å². The molecule has 0 aliphatic carbocycles. The molecule has 130 valence electrons. The van der Waals surface area contributed by atoms with E-state index in [0.29, 0.717) is 5.69 Å². The van der Waals surface area contributed by atoms with E-state index in [2.05, 4.69) is 10.2 Å². The van der Waals surface area contributed by atoms with Crippen LogP contribution in [0.1, 0.15) is 15.9 Å². The molecule has 3 rings (SSSR count). The van der Waals surface area contributed by atoms with Crippen molar-refractivity contribution in [2.75, 3.05) is 31.6 Å². The third-order valence-corrected chi connectivity index (χ3v) is 4.04. The van der Waals surface area contributed by atoms with Gasteiger partial charge in [0, 0.05) is 43.0 Å². The molecule has 7 nitrogen and oxygen atoms in total. The quantitative estimate of drug-likeness (QED) is 0.667. The van der Waals surface area contributed by atoms with E-state index >= 15 is 0 Å². The van der Waals surface area contributed by atoms with Gasteiger partial charge in [0.15, 0.2) is 0 Å². The topological polar surface area (TPSA) is 84.7 Å². The van der Waals surface area contributed by atoms with Crippen molar-refractivity contribution in [2.24, 2.45) is 0 Å². The minimum absolute atomic E-state index is 0.103. The number of hydrogen-bond donors (Lipinski definition) is 1. The third-order valence-electron chi connectivity index (χ3n) is 4.04. The van der Waals surface area contributed by atoms with Crippen molar-refractivity contribution in [1.82, 2.24) is 4.90 Å². The normalized spacial score (nSPS) is 14.9. The standard InChI is InChI=1S/C18H19N3O4/c22-18(15-2-1-3-17(12-15)21(23)24)19-16-6-4-14(5-7-16)13-20-8-10-25-11-9-20/h1-7,12H,8-11,13H2,(H,19,22). The number of carbonyl (C=O) groups is 1. The second kappa shape index (κ2) is 7.87. The first-order valence-electron chi connectivity index (χ1n) is 8.07. The van der Waals surface area contributed by atoms with Crippen molar-refractivity contribution in [3.8, 4) is 0 Å². The van der Waals surface area contributed by atoms with Crippen LogP contribution in [0.25, 0.3) is 0 Å². The molecule has 1 amide bonds. The Morgan fingerprint density at radius 2 is 1.88 bits per heavy atom. The fourth-order valence-electron chi connectivity index (χ4n) is 2.67. The molecule has 0 unspecified atom stereocenters. The highest BCUT2D eigenvalue weighted by Gasteiger charge is 2.13. The van der Waals surface area contributed by atoms with Crippen LogP contribution in [0.2, 0.25) is 0 Å². The molecule has 1 fully saturated rings. The largest absolute Gasteiger partial charge is 0.379 e. The van der Waals surface area contributed by atoms with Gasteiger partial charge in [-0.15, -0.1) is 0 Å². The van der Waals surface area contributed by atoms with Crippen molar-refractivity contribution in [3.63, 3.8) is 0 Å². The summed E-state index contributed by atoms with van der Waals surface area (Å²) in [5.41, 5.74) is 1.97. The average molecular weight is 341 g/mol. The van der Waals surface area contributed by atoms with Crippen LogP contribution in [0, 0.1) is 10.1 Å². The molecule has 0 bridgehead atoms. The van der Waals surface area contributed by atoms with Gasteiger partial charge in [0.05, 0.1) is 18.1 Å². The van der Waals surface area contributed by atoms with Crippen molar-refractivity contribution in [1.29, 1.82) is 0 Å². The number of nitro benzene ring substituents is 1.